The molecule has 0 unspecified atom stereocenters. The highest BCUT2D eigenvalue weighted by Crippen LogP contribution is 2.23. The van der Waals surface area contributed by atoms with Crippen LogP contribution in [-0.4, -0.2) is 33.6 Å². The van der Waals surface area contributed by atoms with E-state index in [1.54, 1.807) is 17.0 Å². The number of furan rings is 1. The number of rotatable bonds is 5. The first kappa shape index (κ1) is 15.0. The minimum Gasteiger partial charge on any atom is -0.463 e. The van der Waals surface area contributed by atoms with Gasteiger partial charge < -0.3 is 9.32 Å². The molecule has 0 bridgehead atoms. The Morgan fingerprint density at radius 1 is 1.57 bits per heavy atom. The number of H-pyrrole nitrogens is 1. The largest absolute Gasteiger partial charge is 0.463 e. The first-order chi connectivity index (χ1) is 10.1. The van der Waals surface area contributed by atoms with E-state index >= 15 is 0 Å². The van der Waals surface area contributed by atoms with Crippen LogP contribution in [0.25, 0.3) is 11.5 Å². The smallest absolute Gasteiger partial charge is 0.277 e. The van der Waals surface area contributed by atoms with Crippen LogP contribution >= 0.6 is 0 Å². The summed E-state index contributed by atoms with van der Waals surface area (Å²) < 4.78 is 19.5. The minimum absolute atomic E-state index is 0.0585. The summed E-state index contributed by atoms with van der Waals surface area (Å²) in [6, 6.07) is 3.19. The monoisotopic (exact) mass is 291 g/mol. The lowest BCUT2D eigenvalue weighted by atomic mass is 10.2. The third kappa shape index (κ3) is 3.04. The molecule has 2 heterocycles. The molecule has 0 saturated heterocycles. The molecule has 2 rings (SSSR count). The molecular formula is C15H18FN3O2. The van der Waals surface area contributed by atoms with Crippen LogP contribution in [0.4, 0.5) is 4.39 Å². The van der Waals surface area contributed by atoms with E-state index in [2.05, 4.69) is 10.2 Å². The second-order valence-electron chi connectivity index (χ2n) is 4.86. The molecular weight excluding hydrogens is 273 g/mol. The lowest BCUT2D eigenvalue weighted by Gasteiger charge is -2.24. The van der Waals surface area contributed by atoms with Crippen molar-refractivity contribution < 1.29 is 13.6 Å². The number of carbonyl (C=O) groups is 1. The van der Waals surface area contributed by atoms with E-state index in [0.717, 1.165) is 0 Å². The molecule has 0 aliphatic carbocycles. The van der Waals surface area contributed by atoms with Crippen molar-refractivity contribution in [2.24, 2.45) is 0 Å². The molecule has 1 amide bonds. The van der Waals surface area contributed by atoms with Gasteiger partial charge in [-0.25, -0.2) is 4.39 Å². The van der Waals surface area contributed by atoms with Crippen molar-refractivity contribution in [1.29, 1.82) is 0 Å². The predicted molar refractivity (Wildman–Crippen MR) is 77.2 cm³/mol. The normalized spacial score (nSPS) is 11.5. The van der Waals surface area contributed by atoms with E-state index < -0.39 is 11.7 Å². The number of halogens is 1. The first-order valence-corrected chi connectivity index (χ1v) is 6.76. The molecule has 112 valence electrons. The van der Waals surface area contributed by atoms with Crippen molar-refractivity contribution in [2.45, 2.75) is 26.8 Å². The average molecular weight is 291 g/mol. The second kappa shape index (κ2) is 6.39. The van der Waals surface area contributed by atoms with E-state index in [1.807, 2.05) is 32.9 Å². The second-order valence-corrected chi connectivity index (χ2v) is 4.86. The van der Waals surface area contributed by atoms with Gasteiger partial charge >= 0.3 is 0 Å². The fourth-order valence-corrected chi connectivity index (χ4v) is 1.94. The number of carbonyl (C=O) groups excluding carboxylic acids is 1. The SMILES string of the molecule is CC=CCN(C(=O)c1n[nH]c(-c2ccco2)c1F)C(C)C. The highest BCUT2D eigenvalue weighted by atomic mass is 19.1. The van der Waals surface area contributed by atoms with Crippen LogP contribution in [-0.2, 0) is 0 Å². The molecule has 0 aliphatic rings. The number of nitrogens with one attached hydrogen (secondary N) is 1. The molecule has 2 aromatic heterocycles. The topological polar surface area (TPSA) is 62.1 Å². The van der Waals surface area contributed by atoms with Gasteiger partial charge in [-0.05, 0) is 32.9 Å². The van der Waals surface area contributed by atoms with Crippen LogP contribution in [0.15, 0.2) is 35.0 Å². The Kier molecular flexibility index (Phi) is 4.57. The summed E-state index contributed by atoms with van der Waals surface area (Å²) >= 11 is 0. The van der Waals surface area contributed by atoms with E-state index in [-0.39, 0.29) is 17.4 Å². The zero-order valence-electron chi connectivity index (χ0n) is 12.3. The Hall–Kier alpha value is -2.37. The van der Waals surface area contributed by atoms with Crippen molar-refractivity contribution in [3.05, 3.63) is 42.1 Å². The lowest BCUT2D eigenvalue weighted by Crippen LogP contribution is -2.37. The van der Waals surface area contributed by atoms with Crippen LogP contribution in [0.1, 0.15) is 31.3 Å². The van der Waals surface area contributed by atoms with Crippen LogP contribution in [0, 0.1) is 5.82 Å². The molecule has 0 saturated carbocycles. The van der Waals surface area contributed by atoms with Gasteiger partial charge in [-0.2, -0.15) is 5.10 Å². The van der Waals surface area contributed by atoms with Gasteiger partial charge in [0.1, 0.15) is 5.69 Å². The van der Waals surface area contributed by atoms with Gasteiger partial charge in [0, 0.05) is 12.6 Å². The quantitative estimate of drug-likeness (QED) is 0.860. The average Bonchev–Trinajstić information content (AvgIpc) is 3.07. The maximum atomic E-state index is 14.4. The number of allylic oxidation sites excluding steroid dienone is 1. The van der Waals surface area contributed by atoms with Crippen molar-refractivity contribution >= 4 is 5.91 Å². The summed E-state index contributed by atoms with van der Waals surface area (Å²) in [6.45, 7) is 6.03. The number of amides is 1. The maximum absolute atomic E-state index is 14.4. The van der Waals surface area contributed by atoms with Gasteiger partial charge in [0.25, 0.3) is 5.91 Å². The predicted octanol–water partition coefficient (Wildman–Crippen LogP) is 3.24. The molecule has 1 N–H and O–H groups in total. The van der Waals surface area contributed by atoms with Crippen molar-refractivity contribution in [3.63, 3.8) is 0 Å². The molecule has 0 aromatic carbocycles. The van der Waals surface area contributed by atoms with E-state index in [0.29, 0.717) is 12.3 Å². The number of nitrogens with zero attached hydrogens (tertiary/aromatic N) is 2. The van der Waals surface area contributed by atoms with Crippen LogP contribution < -0.4 is 0 Å². The summed E-state index contributed by atoms with van der Waals surface area (Å²) in [5, 5.41) is 6.33. The van der Waals surface area contributed by atoms with E-state index in [1.165, 1.54) is 6.26 Å². The highest BCUT2D eigenvalue weighted by Gasteiger charge is 2.26. The molecule has 0 spiro atoms. The third-order valence-corrected chi connectivity index (χ3v) is 3.10. The molecule has 21 heavy (non-hydrogen) atoms. The van der Waals surface area contributed by atoms with Gasteiger partial charge in [-0.1, -0.05) is 12.2 Å². The van der Waals surface area contributed by atoms with Crippen LogP contribution in [0.2, 0.25) is 0 Å². The van der Waals surface area contributed by atoms with E-state index in [4.69, 9.17) is 4.42 Å². The van der Waals surface area contributed by atoms with Crippen LogP contribution in [0.5, 0.6) is 0 Å². The lowest BCUT2D eigenvalue weighted by molar-refractivity contribution is 0.0718. The van der Waals surface area contributed by atoms with Crippen molar-refractivity contribution in [1.82, 2.24) is 15.1 Å². The maximum Gasteiger partial charge on any atom is 0.277 e. The van der Waals surface area contributed by atoms with Gasteiger partial charge in [0.05, 0.1) is 6.26 Å². The molecule has 2 aromatic rings. The summed E-state index contributed by atoms with van der Waals surface area (Å²) in [4.78, 5) is 14.0. The molecule has 0 atom stereocenters. The minimum atomic E-state index is -0.693. The zero-order chi connectivity index (χ0) is 15.4. The van der Waals surface area contributed by atoms with Gasteiger partial charge in [0.15, 0.2) is 17.3 Å². The number of hydrogen-bond acceptors (Lipinski definition) is 3. The Labute approximate surface area is 122 Å². The molecule has 0 aliphatic heterocycles. The fraction of sp³-hybridized carbons (Fsp3) is 0.333. The molecule has 0 fully saturated rings. The van der Waals surface area contributed by atoms with Crippen LogP contribution in [0.3, 0.4) is 0 Å². The van der Waals surface area contributed by atoms with E-state index in [9.17, 15) is 9.18 Å². The summed E-state index contributed by atoms with van der Waals surface area (Å²) in [5.41, 5.74) is -0.141. The molecule has 0 radical (unpaired) electrons. The first-order valence-electron chi connectivity index (χ1n) is 6.76. The molecule has 5 nitrogen and oxygen atoms in total. The fourth-order valence-electron chi connectivity index (χ4n) is 1.94. The van der Waals surface area contributed by atoms with Crippen molar-refractivity contribution in [3.8, 4) is 11.5 Å². The highest BCUT2D eigenvalue weighted by molar-refractivity contribution is 5.94. The Balaban J connectivity index is 2.31. The third-order valence-electron chi connectivity index (χ3n) is 3.10. The summed E-state index contributed by atoms with van der Waals surface area (Å²) in [6.07, 6.45) is 5.12. The Bertz CT molecular complexity index is 629. The number of aromatic nitrogens is 2. The van der Waals surface area contributed by atoms with Gasteiger partial charge in [0.2, 0.25) is 0 Å². The number of aromatic amines is 1. The molecule has 6 heteroatoms. The van der Waals surface area contributed by atoms with Gasteiger partial charge in [-0.15, -0.1) is 0 Å². The Morgan fingerprint density at radius 3 is 2.90 bits per heavy atom. The zero-order valence-corrected chi connectivity index (χ0v) is 12.3. The summed E-state index contributed by atoms with van der Waals surface area (Å²) in [5.74, 6) is -0.834. The van der Waals surface area contributed by atoms with Crippen molar-refractivity contribution in [2.75, 3.05) is 6.54 Å². The summed E-state index contributed by atoms with van der Waals surface area (Å²) in [7, 11) is 0. The standard InChI is InChI=1S/C15H18FN3O2/c1-4-5-8-19(10(2)3)15(20)14-12(16)13(17-18-14)11-7-6-9-21-11/h4-7,9-10H,8H2,1-3H3,(H,17,18). The Morgan fingerprint density at radius 2 is 2.33 bits per heavy atom. The van der Waals surface area contributed by atoms with Gasteiger partial charge in [-0.3, -0.25) is 9.89 Å². The number of hydrogen-bond donors (Lipinski definition) is 1.